The SMILES string of the molecule is Cn1cc(N(CC2COC2)S(=O)(=O)NC(=O)Nc2c3c(cc4c2CCC4)CCC3)cn1.[Na]. The number of benzene rings is 1. The van der Waals surface area contributed by atoms with Gasteiger partial charge in [0, 0.05) is 61.0 Å². The van der Waals surface area contributed by atoms with Gasteiger partial charge in [0.25, 0.3) is 0 Å². The zero-order valence-electron chi connectivity index (χ0n) is 18.6. The Morgan fingerprint density at radius 2 is 1.84 bits per heavy atom. The molecule has 0 saturated carbocycles. The second-order valence-corrected chi connectivity index (χ2v) is 10.2. The summed E-state index contributed by atoms with van der Waals surface area (Å²) >= 11 is 0. The summed E-state index contributed by atoms with van der Waals surface area (Å²) in [5.74, 6) is 0.0838. The number of hydrogen-bond acceptors (Lipinski definition) is 5. The van der Waals surface area contributed by atoms with Gasteiger partial charge in [-0.15, -0.1) is 0 Å². The van der Waals surface area contributed by atoms with Crippen LogP contribution in [0.4, 0.5) is 16.2 Å². The third kappa shape index (κ3) is 4.56. The van der Waals surface area contributed by atoms with Crippen LogP contribution in [0, 0.1) is 5.92 Å². The number of hydrogen-bond donors (Lipinski definition) is 2. The maximum absolute atomic E-state index is 13.2. The van der Waals surface area contributed by atoms with Gasteiger partial charge in [-0.1, -0.05) is 6.07 Å². The standard InChI is InChI=1S/C21H27N5O4S.Na/c1-25-11-17(9-22-25)26(10-14-12-30-13-14)31(28,29)24-21(27)23-20-18-6-2-4-15(18)8-16-5-3-7-19(16)20;/h8-9,11,14H,2-7,10,12-13H2,1H3,(H2,23,24,27);. The minimum absolute atomic E-state index is 0. The maximum Gasteiger partial charge on any atom is 0.334 e. The molecule has 2 amide bonds. The number of carbonyl (C=O) groups is 1. The quantitative estimate of drug-likeness (QED) is 0.626. The fraction of sp³-hybridized carbons (Fsp3) is 0.524. The molecule has 1 radical (unpaired) electrons. The molecule has 3 aliphatic rings. The number of rotatable bonds is 6. The fourth-order valence-corrected chi connectivity index (χ4v) is 5.96. The van der Waals surface area contributed by atoms with Gasteiger partial charge in [0.05, 0.1) is 25.1 Å². The van der Waals surface area contributed by atoms with E-state index < -0.39 is 16.2 Å². The van der Waals surface area contributed by atoms with Crippen LogP contribution in [0.2, 0.25) is 0 Å². The maximum atomic E-state index is 13.2. The van der Waals surface area contributed by atoms with E-state index >= 15 is 0 Å². The van der Waals surface area contributed by atoms with E-state index in [9.17, 15) is 13.2 Å². The Morgan fingerprint density at radius 1 is 1.19 bits per heavy atom. The molecule has 1 aromatic carbocycles. The number of nitrogens with zero attached hydrogens (tertiary/aromatic N) is 3. The van der Waals surface area contributed by atoms with Crippen LogP contribution in [-0.4, -0.2) is 73.5 Å². The van der Waals surface area contributed by atoms with Gasteiger partial charge in [-0.25, -0.2) is 13.8 Å². The van der Waals surface area contributed by atoms with Crippen LogP contribution in [0.25, 0.3) is 0 Å². The smallest absolute Gasteiger partial charge is 0.334 e. The molecule has 0 atom stereocenters. The predicted octanol–water partition coefficient (Wildman–Crippen LogP) is 1.54. The zero-order chi connectivity index (χ0) is 21.6. The Hall–Kier alpha value is -1.59. The first-order valence-corrected chi connectivity index (χ1v) is 12.2. The van der Waals surface area contributed by atoms with Gasteiger partial charge in [0.2, 0.25) is 0 Å². The van der Waals surface area contributed by atoms with Gasteiger partial charge in [0.1, 0.15) is 0 Å². The van der Waals surface area contributed by atoms with E-state index in [2.05, 4.69) is 21.2 Å². The van der Waals surface area contributed by atoms with Crippen molar-refractivity contribution in [2.45, 2.75) is 38.5 Å². The molecule has 9 nitrogen and oxygen atoms in total. The van der Waals surface area contributed by atoms with Gasteiger partial charge in [-0.2, -0.15) is 13.5 Å². The van der Waals surface area contributed by atoms with Gasteiger partial charge < -0.3 is 10.1 Å². The van der Waals surface area contributed by atoms with Crippen LogP contribution in [0.1, 0.15) is 35.1 Å². The molecule has 1 fully saturated rings. The zero-order valence-corrected chi connectivity index (χ0v) is 21.4. The van der Waals surface area contributed by atoms with E-state index in [4.69, 9.17) is 4.74 Å². The molecule has 2 aromatic rings. The molecule has 2 N–H and O–H groups in total. The first-order valence-electron chi connectivity index (χ1n) is 10.7. The number of anilines is 2. The number of fused-ring (bicyclic) bond motifs is 2. The monoisotopic (exact) mass is 468 g/mol. The molecular weight excluding hydrogens is 441 g/mol. The Kier molecular flexibility index (Phi) is 6.88. The van der Waals surface area contributed by atoms with Crippen LogP contribution in [0.15, 0.2) is 18.5 Å². The second-order valence-electron chi connectivity index (χ2n) is 8.60. The molecular formula is C21H27N5NaO4S. The molecule has 0 bridgehead atoms. The molecule has 1 aliphatic heterocycles. The molecule has 167 valence electrons. The Labute approximate surface area is 210 Å². The number of aromatic nitrogens is 2. The molecule has 0 spiro atoms. The average molecular weight is 469 g/mol. The third-order valence-electron chi connectivity index (χ3n) is 6.33. The van der Waals surface area contributed by atoms with Crippen molar-refractivity contribution >= 4 is 57.2 Å². The molecule has 0 unspecified atom stereocenters. The van der Waals surface area contributed by atoms with E-state index in [-0.39, 0.29) is 42.0 Å². The van der Waals surface area contributed by atoms with E-state index in [1.807, 2.05) is 0 Å². The van der Waals surface area contributed by atoms with E-state index in [0.29, 0.717) is 18.9 Å². The molecule has 11 heteroatoms. The van der Waals surface area contributed by atoms with E-state index in [1.54, 1.807) is 13.2 Å². The largest absolute Gasteiger partial charge is 0.381 e. The van der Waals surface area contributed by atoms with Gasteiger partial charge in [0.15, 0.2) is 0 Å². The van der Waals surface area contributed by atoms with Crippen molar-refractivity contribution in [1.29, 1.82) is 0 Å². The number of aryl methyl sites for hydroxylation is 3. The van der Waals surface area contributed by atoms with Gasteiger partial charge in [-0.05, 0) is 60.8 Å². The minimum Gasteiger partial charge on any atom is -0.381 e. The summed E-state index contributed by atoms with van der Waals surface area (Å²) in [6.45, 7) is 1.23. The first kappa shape index (κ1) is 23.6. The summed E-state index contributed by atoms with van der Waals surface area (Å²) in [6, 6.07) is 1.54. The number of urea groups is 1. The number of ether oxygens (including phenoxy) is 1. The average Bonchev–Trinajstić information content (AvgIpc) is 3.40. The molecule has 32 heavy (non-hydrogen) atoms. The Morgan fingerprint density at radius 3 is 2.38 bits per heavy atom. The van der Waals surface area contributed by atoms with Crippen LogP contribution in [0.3, 0.4) is 0 Å². The van der Waals surface area contributed by atoms with Crippen molar-refractivity contribution in [1.82, 2.24) is 14.5 Å². The molecule has 5 rings (SSSR count). The number of carbonyl (C=O) groups excluding carboxylic acids is 1. The van der Waals surface area contributed by atoms with Crippen molar-refractivity contribution in [2.24, 2.45) is 13.0 Å². The summed E-state index contributed by atoms with van der Waals surface area (Å²) in [5.41, 5.74) is 6.10. The first-order chi connectivity index (χ1) is 14.9. The van der Waals surface area contributed by atoms with Crippen molar-refractivity contribution < 1.29 is 17.9 Å². The topological polar surface area (TPSA) is 106 Å². The number of nitrogens with one attached hydrogen (secondary N) is 2. The van der Waals surface area contributed by atoms with Crippen LogP contribution in [-0.2, 0) is 47.7 Å². The molecule has 2 heterocycles. The third-order valence-corrected chi connectivity index (χ3v) is 7.72. The van der Waals surface area contributed by atoms with Crippen LogP contribution in [0.5, 0.6) is 0 Å². The second kappa shape index (κ2) is 9.34. The van der Waals surface area contributed by atoms with Gasteiger partial charge in [-0.3, -0.25) is 4.68 Å². The van der Waals surface area contributed by atoms with Crippen molar-refractivity contribution in [3.8, 4) is 0 Å². The summed E-state index contributed by atoms with van der Waals surface area (Å²) < 4.78 is 36.5. The fourth-order valence-electron chi connectivity index (χ4n) is 4.78. The number of amides is 2. The molecule has 1 aromatic heterocycles. The molecule has 1 saturated heterocycles. The minimum atomic E-state index is -4.12. The Bertz CT molecular complexity index is 1100. The van der Waals surface area contributed by atoms with Gasteiger partial charge >= 0.3 is 16.2 Å². The summed E-state index contributed by atoms with van der Waals surface area (Å²) in [6.07, 6.45) is 9.06. The van der Waals surface area contributed by atoms with Crippen molar-refractivity contribution in [3.05, 3.63) is 40.7 Å². The van der Waals surface area contributed by atoms with Crippen molar-refractivity contribution in [2.75, 3.05) is 29.4 Å². The normalized spacial score (nSPS) is 17.2. The Balaban J connectivity index is 0.00000245. The van der Waals surface area contributed by atoms with Crippen molar-refractivity contribution in [3.63, 3.8) is 0 Å². The van der Waals surface area contributed by atoms with E-state index in [0.717, 1.165) is 55.3 Å². The molecule has 2 aliphatic carbocycles. The summed E-state index contributed by atoms with van der Waals surface area (Å²) in [7, 11) is -2.40. The van der Waals surface area contributed by atoms with E-state index in [1.165, 1.54) is 26.3 Å². The van der Waals surface area contributed by atoms with Crippen LogP contribution < -0.4 is 14.3 Å². The summed E-state index contributed by atoms with van der Waals surface area (Å²) in [5, 5.41) is 6.97. The predicted molar refractivity (Wildman–Crippen MR) is 122 cm³/mol. The van der Waals surface area contributed by atoms with Crippen LogP contribution >= 0.6 is 0 Å². The summed E-state index contributed by atoms with van der Waals surface area (Å²) in [4.78, 5) is 12.9.